The second-order valence-electron chi connectivity index (χ2n) is 4.88. The Labute approximate surface area is 113 Å². The van der Waals surface area contributed by atoms with Crippen molar-refractivity contribution in [3.8, 4) is 11.8 Å². The third kappa shape index (κ3) is 3.43. The Balaban J connectivity index is 2.01. The summed E-state index contributed by atoms with van der Waals surface area (Å²) in [6.45, 7) is 0. The van der Waals surface area contributed by atoms with Gasteiger partial charge in [0.25, 0.3) is 0 Å². The first-order valence-corrected chi connectivity index (χ1v) is 6.72. The van der Waals surface area contributed by atoms with Crippen molar-refractivity contribution in [3.05, 3.63) is 11.9 Å². The average molecular weight is 264 g/mol. The van der Waals surface area contributed by atoms with E-state index < -0.39 is 0 Å². The van der Waals surface area contributed by atoms with Gasteiger partial charge in [0.05, 0.1) is 20.4 Å². The molecule has 0 unspecified atom stereocenters. The smallest absolute Gasteiger partial charge is 0.246 e. The lowest BCUT2D eigenvalue weighted by molar-refractivity contribution is 0.0964. The highest BCUT2D eigenvalue weighted by atomic mass is 16.5. The molecule has 0 amide bonds. The first-order chi connectivity index (χ1) is 9.24. The van der Waals surface area contributed by atoms with Crippen molar-refractivity contribution in [3.63, 3.8) is 0 Å². The van der Waals surface area contributed by atoms with E-state index in [0.29, 0.717) is 23.9 Å². The lowest BCUT2D eigenvalue weighted by Crippen LogP contribution is -2.09. The van der Waals surface area contributed by atoms with Crippen LogP contribution in [0.3, 0.4) is 0 Å². The molecule has 1 heterocycles. The summed E-state index contributed by atoms with van der Waals surface area (Å²) in [6, 6.07) is 0. The van der Waals surface area contributed by atoms with E-state index >= 15 is 0 Å². The maximum atomic E-state index is 12.2. The van der Waals surface area contributed by atoms with E-state index in [0.717, 1.165) is 6.42 Å². The van der Waals surface area contributed by atoms with Crippen LogP contribution < -0.4 is 9.47 Å². The molecule has 0 radical (unpaired) electrons. The van der Waals surface area contributed by atoms with Gasteiger partial charge in [-0.3, -0.25) is 4.79 Å². The van der Waals surface area contributed by atoms with Crippen LogP contribution in [0, 0.1) is 5.92 Å². The Morgan fingerprint density at radius 3 is 2.68 bits per heavy atom. The SMILES string of the molecule is COc1cnc(C(=O)CCC2CCCC2)c(OC)n1. The zero-order valence-electron chi connectivity index (χ0n) is 11.5. The number of hydrogen-bond acceptors (Lipinski definition) is 5. The Morgan fingerprint density at radius 2 is 2.05 bits per heavy atom. The number of ether oxygens (including phenoxy) is 2. The van der Waals surface area contributed by atoms with Crippen LogP contribution in [-0.4, -0.2) is 30.0 Å². The van der Waals surface area contributed by atoms with Gasteiger partial charge in [-0.05, 0) is 12.3 Å². The van der Waals surface area contributed by atoms with Crippen LogP contribution in [-0.2, 0) is 0 Å². The van der Waals surface area contributed by atoms with Gasteiger partial charge in [-0.15, -0.1) is 0 Å². The molecule has 0 spiro atoms. The van der Waals surface area contributed by atoms with Crippen molar-refractivity contribution in [2.45, 2.75) is 38.5 Å². The highest BCUT2D eigenvalue weighted by Gasteiger charge is 2.20. The predicted octanol–water partition coefficient (Wildman–Crippen LogP) is 2.65. The number of nitrogens with zero attached hydrogens (tertiary/aromatic N) is 2. The molecular weight excluding hydrogens is 244 g/mol. The molecule has 0 aromatic carbocycles. The molecule has 104 valence electrons. The summed E-state index contributed by atoms with van der Waals surface area (Å²) >= 11 is 0. The van der Waals surface area contributed by atoms with E-state index in [9.17, 15) is 4.79 Å². The van der Waals surface area contributed by atoms with Crippen molar-refractivity contribution < 1.29 is 14.3 Å². The molecule has 1 fully saturated rings. The highest BCUT2D eigenvalue weighted by Crippen LogP contribution is 2.29. The summed E-state index contributed by atoms with van der Waals surface area (Å²) in [5.41, 5.74) is 0.307. The minimum absolute atomic E-state index is 0.00102. The molecule has 1 aliphatic carbocycles. The van der Waals surface area contributed by atoms with E-state index in [1.54, 1.807) is 0 Å². The van der Waals surface area contributed by atoms with Crippen LogP contribution >= 0.6 is 0 Å². The fourth-order valence-corrected chi connectivity index (χ4v) is 2.54. The number of Topliss-reactive ketones (excluding diaryl/α,β-unsaturated/α-hetero) is 1. The van der Waals surface area contributed by atoms with E-state index in [1.165, 1.54) is 46.1 Å². The van der Waals surface area contributed by atoms with E-state index in [-0.39, 0.29) is 11.7 Å². The maximum absolute atomic E-state index is 12.2. The first kappa shape index (κ1) is 13.8. The van der Waals surface area contributed by atoms with Crippen molar-refractivity contribution in [1.29, 1.82) is 0 Å². The highest BCUT2D eigenvalue weighted by molar-refractivity contribution is 5.96. The van der Waals surface area contributed by atoms with Gasteiger partial charge in [0.1, 0.15) is 0 Å². The molecule has 1 aromatic heterocycles. The van der Waals surface area contributed by atoms with Gasteiger partial charge in [-0.1, -0.05) is 25.7 Å². The fraction of sp³-hybridized carbons (Fsp3) is 0.643. The molecule has 0 saturated heterocycles. The summed E-state index contributed by atoms with van der Waals surface area (Å²) in [6.07, 6.45) is 8.00. The van der Waals surface area contributed by atoms with Crippen LogP contribution in [0.1, 0.15) is 49.0 Å². The summed E-state index contributed by atoms with van der Waals surface area (Å²) in [7, 11) is 2.99. The third-order valence-corrected chi connectivity index (χ3v) is 3.64. The molecule has 0 N–H and O–H groups in total. The molecular formula is C14H20N2O3. The number of rotatable bonds is 6. The molecule has 0 atom stereocenters. The Bertz CT molecular complexity index is 442. The molecule has 5 heteroatoms. The number of methoxy groups -OCH3 is 2. The fourth-order valence-electron chi connectivity index (χ4n) is 2.54. The van der Waals surface area contributed by atoms with Crippen LogP contribution in [0.15, 0.2) is 6.20 Å². The van der Waals surface area contributed by atoms with Gasteiger partial charge < -0.3 is 9.47 Å². The van der Waals surface area contributed by atoms with Crippen molar-refractivity contribution >= 4 is 5.78 Å². The van der Waals surface area contributed by atoms with E-state index in [2.05, 4.69) is 9.97 Å². The lowest BCUT2D eigenvalue weighted by atomic mass is 9.99. The standard InChI is InChI=1S/C14H20N2O3/c1-18-12-9-15-13(14(16-12)19-2)11(17)8-7-10-5-3-4-6-10/h9-10H,3-8H2,1-2H3. The van der Waals surface area contributed by atoms with Crippen molar-refractivity contribution in [2.75, 3.05) is 14.2 Å². The summed E-state index contributed by atoms with van der Waals surface area (Å²) in [4.78, 5) is 20.3. The Morgan fingerprint density at radius 1 is 1.32 bits per heavy atom. The van der Waals surface area contributed by atoms with Gasteiger partial charge in [-0.2, -0.15) is 4.98 Å². The van der Waals surface area contributed by atoms with Gasteiger partial charge in [0.15, 0.2) is 11.5 Å². The first-order valence-electron chi connectivity index (χ1n) is 6.72. The average Bonchev–Trinajstić information content (AvgIpc) is 2.97. The molecule has 1 aliphatic rings. The summed E-state index contributed by atoms with van der Waals surface area (Å²) in [5, 5.41) is 0. The summed E-state index contributed by atoms with van der Waals surface area (Å²) in [5.74, 6) is 1.29. The molecule has 0 bridgehead atoms. The van der Waals surface area contributed by atoms with E-state index in [4.69, 9.17) is 9.47 Å². The van der Waals surface area contributed by atoms with Crippen molar-refractivity contribution in [1.82, 2.24) is 9.97 Å². The predicted molar refractivity (Wildman–Crippen MR) is 70.7 cm³/mol. The Hall–Kier alpha value is -1.65. The quantitative estimate of drug-likeness (QED) is 0.739. The summed E-state index contributed by atoms with van der Waals surface area (Å²) < 4.78 is 10.1. The van der Waals surface area contributed by atoms with Crippen LogP contribution in [0.5, 0.6) is 11.8 Å². The molecule has 0 aliphatic heterocycles. The lowest BCUT2D eigenvalue weighted by Gasteiger charge is -2.09. The molecule has 1 saturated carbocycles. The molecule has 5 nitrogen and oxygen atoms in total. The Kier molecular flexibility index (Phi) is 4.71. The molecule has 1 aromatic rings. The number of aromatic nitrogens is 2. The van der Waals surface area contributed by atoms with Gasteiger partial charge >= 0.3 is 0 Å². The minimum atomic E-state index is -0.00102. The van der Waals surface area contributed by atoms with Gasteiger partial charge in [-0.25, -0.2) is 4.98 Å². The number of carbonyl (C=O) groups excluding carboxylic acids is 1. The minimum Gasteiger partial charge on any atom is -0.480 e. The number of ketones is 1. The van der Waals surface area contributed by atoms with Crippen molar-refractivity contribution in [2.24, 2.45) is 5.92 Å². The van der Waals surface area contributed by atoms with Crippen LogP contribution in [0.4, 0.5) is 0 Å². The normalized spacial score (nSPS) is 15.5. The second kappa shape index (κ2) is 6.50. The van der Waals surface area contributed by atoms with Gasteiger partial charge in [0.2, 0.25) is 11.8 Å². The molecule has 19 heavy (non-hydrogen) atoms. The maximum Gasteiger partial charge on any atom is 0.246 e. The second-order valence-corrected chi connectivity index (χ2v) is 4.88. The van der Waals surface area contributed by atoms with Crippen LogP contribution in [0.2, 0.25) is 0 Å². The van der Waals surface area contributed by atoms with Gasteiger partial charge in [0, 0.05) is 6.42 Å². The van der Waals surface area contributed by atoms with E-state index in [1.807, 2.05) is 0 Å². The topological polar surface area (TPSA) is 61.3 Å². The number of hydrogen-bond donors (Lipinski definition) is 0. The van der Waals surface area contributed by atoms with Crippen LogP contribution in [0.25, 0.3) is 0 Å². The third-order valence-electron chi connectivity index (χ3n) is 3.64. The zero-order chi connectivity index (χ0) is 13.7. The molecule has 2 rings (SSSR count). The number of carbonyl (C=O) groups is 1. The largest absolute Gasteiger partial charge is 0.480 e. The zero-order valence-corrected chi connectivity index (χ0v) is 11.5. The monoisotopic (exact) mass is 264 g/mol.